The van der Waals surface area contributed by atoms with Crippen molar-refractivity contribution in [2.75, 3.05) is 5.34 Å². The third-order valence-electron chi connectivity index (χ3n) is 22.0. The molecule has 0 saturated carbocycles. The average Bonchev–Trinajstić information content (AvgIpc) is 1.51. The lowest BCUT2D eigenvalue weighted by atomic mass is 9.91. The maximum atomic E-state index is 4.76. The highest BCUT2D eigenvalue weighted by atomic mass is 35.5. The highest BCUT2D eigenvalue weighted by Gasteiger charge is 2.31. The van der Waals surface area contributed by atoms with E-state index in [-0.39, 0.29) is 5.34 Å². The molecule has 3 heterocycles. The fraction of sp³-hybridized carbons (Fsp3) is 0.381. The molecule has 10 aromatic carbocycles. The number of rotatable bonds is 39. The summed E-state index contributed by atoms with van der Waals surface area (Å²) in [4.78, 5) is 0. The zero-order chi connectivity index (χ0) is 70.1. The van der Waals surface area contributed by atoms with Crippen molar-refractivity contribution in [3.05, 3.63) is 218 Å². The molecule has 13 aromatic rings. The molecule has 0 unspecified atom stereocenters. The summed E-state index contributed by atoms with van der Waals surface area (Å²) in [5, 5.41) is 8.51. The minimum absolute atomic E-state index is 0.194. The Morgan fingerprint density at radius 2 is 0.382 bits per heavy atom. The van der Waals surface area contributed by atoms with Gasteiger partial charge in [-0.15, -0.1) is 23.2 Å². The Morgan fingerprint density at radius 1 is 0.216 bits per heavy atom. The lowest BCUT2D eigenvalue weighted by Gasteiger charge is -2.14. The van der Waals surface area contributed by atoms with Crippen LogP contribution in [0.1, 0.15) is 213 Å². The van der Waals surface area contributed by atoms with Crippen LogP contribution in [0.4, 0.5) is 0 Å². The summed E-state index contributed by atoms with van der Waals surface area (Å²) in [6.45, 7) is 9.84. The largest absolute Gasteiger partial charge is 0.340 e. The van der Waals surface area contributed by atoms with Crippen molar-refractivity contribution < 1.29 is 0 Å². The summed E-state index contributed by atoms with van der Waals surface area (Å²) in [7, 11) is 0. The van der Waals surface area contributed by atoms with E-state index in [0.29, 0.717) is 0 Å². The van der Waals surface area contributed by atoms with Crippen LogP contribution in [0.5, 0.6) is 0 Å². The predicted octanol–water partition coefficient (Wildman–Crippen LogP) is 31.2. The molecule has 5 heteroatoms. The van der Waals surface area contributed by atoms with Crippen LogP contribution in [0.15, 0.2) is 218 Å². The van der Waals surface area contributed by atoms with Crippen molar-refractivity contribution in [3.8, 4) is 66.8 Å². The van der Waals surface area contributed by atoms with Crippen LogP contribution in [0.25, 0.3) is 132 Å². The molecule has 0 N–H and O–H groups in total. The first-order chi connectivity index (χ1) is 50.6. The van der Waals surface area contributed by atoms with Gasteiger partial charge in [-0.3, -0.25) is 0 Å². The number of halogens is 2. The molecule has 0 aliphatic rings. The average molecular weight is 1390 g/mol. The fourth-order valence-corrected chi connectivity index (χ4v) is 16.8. The van der Waals surface area contributed by atoms with Gasteiger partial charge < -0.3 is 13.7 Å². The molecule has 0 atom stereocenters. The molecule has 0 bridgehead atoms. The van der Waals surface area contributed by atoms with E-state index in [0.717, 1.165) is 38.9 Å². The second-order valence-corrected chi connectivity index (χ2v) is 30.0. The number of aryl methyl sites for hydroxylation is 3. The maximum Gasteiger partial charge on any atom is 0.0967 e. The van der Waals surface area contributed by atoms with Crippen LogP contribution in [0.3, 0.4) is 0 Å². The highest BCUT2D eigenvalue weighted by Crippen LogP contribution is 2.53. The lowest BCUT2D eigenvalue weighted by Crippen LogP contribution is -2.02. The van der Waals surface area contributed by atoms with Gasteiger partial charge in [0.1, 0.15) is 0 Å². The molecular formula is C97H113Cl2N3. The van der Waals surface area contributed by atoms with Gasteiger partial charge in [0.25, 0.3) is 0 Å². The van der Waals surface area contributed by atoms with Gasteiger partial charge in [-0.05, 0) is 122 Å². The predicted molar refractivity (Wildman–Crippen MR) is 450 cm³/mol. The summed E-state index contributed by atoms with van der Waals surface area (Å²) in [6, 6.07) is 83.9. The number of unbranched alkanes of at least 4 members (excludes halogenated alkanes) is 27. The molecular weight excluding hydrogens is 1280 g/mol. The van der Waals surface area contributed by atoms with Crippen molar-refractivity contribution in [2.45, 2.75) is 233 Å². The molecule has 0 fully saturated rings. The van der Waals surface area contributed by atoms with Crippen LogP contribution in [0, 0.1) is 0 Å². The minimum Gasteiger partial charge on any atom is -0.340 e. The Morgan fingerprint density at radius 3 is 0.569 bits per heavy atom. The molecule has 0 saturated heterocycles. The van der Waals surface area contributed by atoms with Gasteiger partial charge in [-0.1, -0.05) is 376 Å². The van der Waals surface area contributed by atoms with Crippen LogP contribution in [-0.4, -0.2) is 19.0 Å². The molecule has 0 aliphatic heterocycles. The Hall–Kier alpha value is -7.82. The summed E-state index contributed by atoms with van der Waals surface area (Å²) in [6.07, 6.45) is 39.2. The SMILES string of the molecule is CCCCCCCCCCCCn1c2cc(-c3ccccc3)c(-c3ccccc3)cc2c2c1c1c3cc(-c4ccccc4)c(-c4ccccc4)cc3n(CCCCCCCCCCCC)c1c1c3cc(-c4ccccc4)c(-c4ccccc4)cc3n(CCCCCCCCCCCC)c21.ClCCl. The van der Waals surface area contributed by atoms with Gasteiger partial charge in [-0.2, -0.15) is 0 Å². The molecule has 0 spiro atoms. The summed E-state index contributed by atoms with van der Waals surface area (Å²) < 4.78 is 8.68. The minimum atomic E-state index is 0.194. The van der Waals surface area contributed by atoms with Gasteiger partial charge in [-0.25, -0.2) is 0 Å². The number of alkyl halides is 2. The topological polar surface area (TPSA) is 14.8 Å². The van der Waals surface area contributed by atoms with E-state index in [4.69, 9.17) is 23.2 Å². The summed E-state index contributed by atoms with van der Waals surface area (Å²) >= 11 is 9.53. The van der Waals surface area contributed by atoms with Gasteiger partial charge in [0.2, 0.25) is 0 Å². The molecule has 102 heavy (non-hydrogen) atoms. The third-order valence-corrected chi connectivity index (χ3v) is 22.0. The zero-order valence-electron chi connectivity index (χ0n) is 61.9. The number of hydrogen-bond acceptors (Lipinski definition) is 0. The first kappa shape index (κ1) is 73.9. The number of benzene rings is 10. The second-order valence-electron chi connectivity index (χ2n) is 29.2. The van der Waals surface area contributed by atoms with E-state index in [9.17, 15) is 0 Å². The first-order valence-corrected chi connectivity index (χ1v) is 41.2. The van der Waals surface area contributed by atoms with E-state index in [1.54, 1.807) is 0 Å². The van der Waals surface area contributed by atoms with Crippen molar-refractivity contribution in [1.82, 2.24) is 13.7 Å². The van der Waals surface area contributed by atoms with Crippen LogP contribution >= 0.6 is 23.2 Å². The Balaban J connectivity index is 0.00000322. The van der Waals surface area contributed by atoms with Crippen molar-refractivity contribution in [1.29, 1.82) is 0 Å². The normalized spacial score (nSPS) is 11.7. The number of hydrogen-bond donors (Lipinski definition) is 0. The van der Waals surface area contributed by atoms with E-state index >= 15 is 0 Å². The third kappa shape index (κ3) is 17.7. The number of fused-ring (bicyclic) bond motifs is 12. The van der Waals surface area contributed by atoms with E-state index in [1.807, 2.05) is 0 Å². The molecule has 3 nitrogen and oxygen atoms in total. The van der Waals surface area contributed by atoms with Gasteiger partial charge >= 0.3 is 0 Å². The van der Waals surface area contributed by atoms with Gasteiger partial charge in [0.05, 0.1) is 21.9 Å². The van der Waals surface area contributed by atoms with Gasteiger partial charge in [0, 0.05) is 68.5 Å². The zero-order valence-corrected chi connectivity index (χ0v) is 63.4. The van der Waals surface area contributed by atoms with E-state index < -0.39 is 0 Å². The van der Waals surface area contributed by atoms with Crippen LogP contribution in [0.2, 0.25) is 0 Å². The number of aromatic nitrogens is 3. The number of nitrogens with zero attached hydrogens (tertiary/aromatic N) is 3. The summed E-state index contributed by atoms with van der Waals surface area (Å²) in [5.41, 5.74) is 23.6. The van der Waals surface area contributed by atoms with E-state index in [2.05, 4.69) is 253 Å². The lowest BCUT2D eigenvalue weighted by molar-refractivity contribution is 0.541. The Kier molecular flexibility index (Phi) is 28.0. The monoisotopic (exact) mass is 1390 g/mol. The first-order valence-electron chi connectivity index (χ1n) is 40.1. The standard InChI is InChI=1S/C96H111N3.CH2Cl2/c1-4-7-10-13-16-19-22-25-28-49-64-97-88-70-82(76-58-43-34-44-59-76)79(73-52-37-31-38-53-73)67-85(88)91-94(97)92-86-68-80(74-54-39-32-40-55-74)83(77-60-45-35-46-61-77)71-89(86)98(65-50-29-26-23-20-17-14-11-8-5-2)96(92)93-87-69-81(75-56-41-33-42-57-75)84(78-62-47-36-48-63-78)72-90(87)99(95(91)93)66-51-30-27-24-21-18-15-12-9-6-3;2-1-3/h31-48,52-63,67-72H,4-30,49-51,64-66H2,1-3H3;1H2. The maximum absolute atomic E-state index is 4.76. The molecule has 530 valence electrons. The molecule has 13 rings (SSSR count). The fourth-order valence-electron chi connectivity index (χ4n) is 16.8. The Bertz CT molecular complexity index is 4170. The smallest absolute Gasteiger partial charge is 0.0967 e. The molecule has 0 aliphatic carbocycles. The van der Waals surface area contributed by atoms with Crippen LogP contribution < -0.4 is 0 Å². The highest BCUT2D eigenvalue weighted by molar-refractivity contribution is 6.41. The van der Waals surface area contributed by atoms with Gasteiger partial charge in [0.15, 0.2) is 0 Å². The van der Waals surface area contributed by atoms with Crippen LogP contribution in [-0.2, 0) is 19.6 Å². The van der Waals surface area contributed by atoms with Crippen molar-refractivity contribution in [2.24, 2.45) is 0 Å². The summed E-state index contributed by atoms with van der Waals surface area (Å²) in [5.74, 6) is 0. The Labute approximate surface area is 621 Å². The quantitative estimate of drug-likeness (QED) is 0.0269. The molecule has 3 aromatic heterocycles. The van der Waals surface area contributed by atoms with Crippen molar-refractivity contribution in [3.63, 3.8) is 0 Å². The second kappa shape index (κ2) is 38.6. The van der Waals surface area contributed by atoms with E-state index in [1.165, 1.54) is 306 Å². The molecule has 0 radical (unpaired) electrons. The molecule has 0 amide bonds. The van der Waals surface area contributed by atoms with Crippen molar-refractivity contribution >= 4 is 88.6 Å².